The summed E-state index contributed by atoms with van der Waals surface area (Å²) < 4.78 is 23.6. The highest BCUT2D eigenvalue weighted by Gasteiger charge is 2.18. The van der Waals surface area contributed by atoms with E-state index in [1.807, 2.05) is 0 Å². The van der Waals surface area contributed by atoms with Crippen molar-refractivity contribution in [1.29, 1.82) is 0 Å². The van der Waals surface area contributed by atoms with E-state index < -0.39 is 17.5 Å². The zero-order chi connectivity index (χ0) is 11.9. The van der Waals surface area contributed by atoms with Gasteiger partial charge in [-0.15, -0.1) is 0 Å². The molecule has 0 aliphatic carbocycles. The number of halogens is 1. The number of aryl methyl sites for hydroxylation is 1. The Morgan fingerprint density at radius 1 is 1.50 bits per heavy atom. The number of carbonyl (C=O) groups is 1. The molecule has 0 saturated carbocycles. The minimum Gasteiger partial charge on any atom is -0.465 e. The fourth-order valence-corrected chi connectivity index (χ4v) is 1.52. The number of esters is 1. The molecule has 0 aliphatic heterocycles. The first-order valence-corrected chi connectivity index (χ1v) is 4.42. The molecule has 0 atom stereocenters. The first kappa shape index (κ1) is 10.4. The van der Waals surface area contributed by atoms with E-state index in [0.717, 1.165) is 16.7 Å². The molecule has 84 valence electrons. The van der Waals surface area contributed by atoms with E-state index in [0.29, 0.717) is 0 Å². The van der Waals surface area contributed by atoms with Crippen molar-refractivity contribution in [3.8, 4) is 0 Å². The van der Waals surface area contributed by atoms with Gasteiger partial charge in [0.2, 0.25) is 0 Å². The summed E-state index contributed by atoms with van der Waals surface area (Å²) in [5, 5.41) is 0. The summed E-state index contributed by atoms with van der Waals surface area (Å²) in [5.74, 6) is -2.05. The van der Waals surface area contributed by atoms with Crippen molar-refractivity contribution in [2.24, 2.45) is 7.05 Å². The number of hydrogen-bond donors (Lipinski definition) is 0. The minimum absolute atomic E-state index is 0.0212. The number of ether oxygens (including phenoxy) is 1. The van der Waals surface area contributed by atoms with Crippen LogP contribution in [0.4, 0.5) is 4.39 Å². The standard InChI is InChI=1S/C10H8FNO4/c1-12-8-6(9(13)15-2)3-5(11)4-7(8)16-10(12)14/h3-4H,1-2H3. The fourth-order valence-electron chi connectivity index (χ4n) is 1.52. The van der Waals surface area contributed by atoms with Crippen LogP contribution in [0.15, 0.2) is 21.3 Å². The molecule has 2 aromatic rings. The maximum Gasteiger partial charge on any atom is 0.419 e. The lowest BCUT2D eigenvalue weighted by Crippen LogP contribution is -2.11. The highest BCUT2D eigenvalue weighted by molar-refractivity contribution is 6.01. The van der Waals surface area contributed by atoms with Gasteiger partial charge in [0.05, 0.1) is 12.7 Å². The van der Waals surface area contributed by atoms with Crippen molar-refractivity contribution in [2.75, 3.05) is 7.11 Å². The van der Waals surface area contributed by atoms with Crippen molar-refractivity contribution in [2.45, 2.75) is 0 Å². The van der Waals surface area contributed by atoms with E-state index in [-0.39, 0.29) is 16.7 Å². The summed E-state index contributed by atoms with van der Waals surface area (Å²) in [6.45, 7) is 0. The molecule has 0 spiro atoms. The Morgan fingerprint density at radius 2 is 2.19 bits per heavy atom. The summed E-state index contributed by atoms with van der Waals surface area (Å²) in [6.07, 6.45) is 0. The van der Waals surface area contributed by atoms with Crippen LogP contribution in [0.5, 0.6) is 0 Å². The van der Waals surface area contributed by atoms with E-state index in [1.165, 1.54) is 14.2 Å². The maximum atomic E-state index is 13.2. The normalized spacial score (nSPS) is 10.7. The van der Waals surface area contributed by atoms with Crippen LogP contribution in [-0.4, -0.2) is 17.6 Å². The Labute approximate surface area is 89.0 Å². The van der Waals surface area contributed by atoms with Crippen LogP contribution in [0.1, 0.15) is 10.4 Å². The molecule has 0 fully saturated rings. The van der Waals surface area contributed by atoms with Gasteiger partial charge in [0.1, 0.15) is 11.3 Å². The number of methoxy groups -OCH3 is 1. The largest absolute Gasteiger partial charge is 0.465 e. The lowest BCUT2D eigenvalue weighted by molar-refractivity contribution is 0.0602. The molecule has 16 heavy (non-hydrogen) atoms. The van der Waals surface area contributed by atoms with Crippen molar-refractivity contribution >= 4 is 17.1 Å². The number of hydrogen-bond acceptors (Lipinski definition) is 4. The second-order valence-electron chi connectivity index (χ2n) is 3.22. The van der Waals surface area contributed by atoms with Crippen molar-refractivity contribution < 1.29 is 18.3 Å². The van der Waals surface area contributed by atoms with E-state index >= 15 is 0 Å². The summed E-state index contributed by atoms with van der Waals surface area (Å²) in [7, 11) is 2.61. The van der Waals surface area contributed by atoms with Crippen LogP contribution in [-0.2, 0) is 11.8 Å². The molecular formula is C10H8FNO4. The van der Waals surface area contributed by atoms with Crippen molar-refractivity contribution in [1.82, 2.24) is 4.57 Å². The average Bonchev–Trinajstić information content (AvgIpc) is 2.52. The van der Waals surface area contributed by atoms with E-state index in [9.17, 15) is 14.0 Å². The van der Waals surface area contributed by atoms with E-state index in [1.54, 1.807) is 0 Å². The molecule has 2 rings (SSSR count). The van der Waals surface area contributed by atoms with Gasteiger partial charge in [-0.3, -0.25) is 4.57 Å². The van der Waals surface area contributed by atoms with Gasteiger partial charge in [-0.05, 0) is 6.07 Å². The summed E-state index contributed by atoms with van der Waals surface area (Å²) >= 11 is 0. The predicted molar refractivity (Wildman–Crippen MR) is 52.8 cm³/mol. The zero-order valence-corrected chi connectivity index (χ0v) is 8.61. The number of aromatic nitrogens is 1. The van der Waals surface area contributed by atoms with Crippen LogP contribution in [0.25, 0.3) is 11.1 Å². The highest BCUT2D eigenvalue weighted by atomic mass is 19.1. The number of benzene rings is 1. The number of fused-ring (bicyclic) bond motifs is 1. The van der Waals surface area contributed by atoms with Gasteiger partial charge in [-0.1, -0.05) is 0 Å². The number of oxazole rings is 1. The van der Waals surface area contributed by atoms with Gasteiger partial charge in [-0.25, -0.2) is 14.0 Å². The van der Waals surface area contributed by atoms with Gasteiger partial charge in [0.15, 0.2) is 5.58 Å². The number of nitrogens with zero attached hydrogens (tertiary/aromatic N) is 1. The molecule has 0 saturated heterocycles. The smallest absolute Gasteiger partial charge is 0.419 e. The van der Waals surface area contributed by atoms with Gasteiger partial charge in [0, 0.05) is 13.1 Å². The minimum atomic E-state index is -0.721. The van der Waals surface area contributed by atoms with Gasteiger partial charge in [-0.2, -0.15) is 0 Å². The lowest BCUT2D eigenvalue weighted by atomic mass is 10.2. The van der Waals surface area contributed by atoms with Crippen LogP contribution in [0.3, 0.4) is 0 Å². The lowest BCUT2D eigenvalue weighted by Gasteiger charge is -2.01. The molecule has 1 aromatic carbocycles. The van der Waals surface area contributed by atoms with Gasteiger partial charge >= 0.3 is 11.7 Å². The molecule has 0 radical (unpaired) electrons. The Bertz CT molecular complexity index is 626. The molecule has 0 aliphatic rings. The van der Waals surface area contributed by atoms with Gasteiger partial charge in [0.25, 0.3) is 0 Å². The molecule has 0 N–H and O–H groups in total. The SMILES string of the molecule is COC(=O)c1cc(F)cc2oc(=O)n(C)c12. The quantitative estimate of drug-likeness (QED) is 0.681. The van der Waals surface area contributed by atoms with E-state index in [2.05, 4.69) is 4.74 Å². The molecule has 1 heterocycles. The maximum absolute atomic E-state index is 13.2. The Kier molecular flexibility index (Phi) is 2.26. The van der Waals surface area contributed by atoms with Crippen molar-refractivity contribution in [3.63, 3.8) is 0 Å². The Hall–Kier alpha value is -2.11. The molecule has 0 amide bonds. The highest BCUT2D eigenvalue weighted by Crippen LogP contribution is 2.20. The third-order valence-electron chi connectivity index (χ3n) is 2.25. The molecule has 5 nitrogen and oxygen atoms in total. The van der Waals surface area contributed by atoms with Crippen LogP contribution in [0, 0.1) is 5.82 Å². The number of rotatable bonds is 1. The van der Waals surface area contributed by atoms with Crippen LogP contribution < -0.4 is 5.76 Å². The zero-order valence-electron chi connectivity index (χ0n) is 8.61. The van der Waals surface area contributed by atoms with E-state index in [4.69, 9.17) is 4.42 Å². The van der Waals surface area contributed by atoms with Gasteiger partial charge < -0.3 is 9.15 Å². The third-order valence-corrected chi connectivity index (χ3v) is 2.25. The third kappa shape index (κ3) is 1.39. The summed E-state index contributed by atoms with van der Waals surface area (Å²) in [6, 6.07) is 2.05. The molecule has 0 bridgehead atoms. The first-order valence-electron chi connectivity index (χ1n) is 4.42. The Balaban J connectivity index is 2.90. The van der Waals surface area contributed by atoms with Crippen molar-refractivity contribution in [3.05, 3.63) is 34.1 Å². The average molecular weight is 225 g/mol. The second-order valence-corrected chi connectivity index (χ2v) is 3.22. The second kappa shape index (κ2) is 3.48. The topological polar surface area (TPSA) is 61.4 Å². The Morgan fingerprint density at radius 3 is 2.81 bits per heavy atom. The van der Waals surface area contributed by atoms with Crippen LogP contribution in [0.2, 0.25) is 0 Å². The predicted octanol–water partition coefficient (Wildman–Crippen LogP) is 1.06. The van der Waals surface area contributed by atoms with Crippen LogP contribution >= 0.6 is 0 Å². The molecular weight excluding hydrogens is 217 g/mol. The summed E-state index contributed by atoms with van der Waals surface area (Å²) in [4.78, 5) is 22.6. The fraction of sp³-hybridized carbons (Fsp3) is 0.200. The monoisotopic (exact) mass is 225 g/mol. The molecule has 6 heteroatoms. The first-order chi connectivity index (χ1) is 7.54. The molecule has 1 aromatic heterocycles. The molecule has 0 unspecified atom stereocenters. The number of carbonyl (C=O) groups excluding carboxylic acids is 1. The summed E-state index contributed by atoms with van der Waals surface area (Å²) in [5.41, 5.74) is 0.206.